The zero-order valence-corrected chi connectivity index (χ0v) is 16.7. The summed E-state index contributed by atoms with van der Waals surface area (Å²) in [7, 11) is 0. The summed E-state index contributed by atoms with van der Waals surface area (Å²) in [5.41, 5.74) is 1.68. The Morgan fingerprint density at radius 1 is 1.10 bits per heavy atom. The number of anilines is 1. The third-order valence-electron chi connectivity index (χ3n) is 5.36. The first-order chi connectivity index (χ1) is 13.9. The van der Waals surface area contributed by atoms with E-state index < -0.39 is 18.5 Å². The minimum absolute atomic E-state index is 0.0126. The van der Waals surface area contributed by atoms with Gasteiger partial charge in [0.2, 0.25) is 11.8 Å². The fraction of sp³-hybridized carbons (Fsp3) is 0.455. The SMILES string of the molecule is CC(C)c1ccccc1NC(=O)COC(=O)CCN1C(=O)[C@H]2CC=CC[C@H]2C1=O. The van der Waals surface area contributed by atoms with E-state index in [4.69, 9.17) is 4.74 Å². The molecule has 1 N–H and O–H groups in total. The van der Waals surface area contributed by atoms with Crippen LogP contribution in [0, 0.1) is 11.8 Å². The highest BCUT2D eigenvalue weighted by molar-refractivity contribution is 6.05. The van der Waals surface area contributed by atoms with E-state index in [1.807, 2.05) is 44.2 Å². The first-order valence-corrected chi connectivity index (χ1v) is 9.93. The van der Waals surface area contributed by atoms with Crippen molar-refractivity contribution in [2.24, 2.45) is 11.8 Å². The molecule has 1 saturated heterocycles. The van der Waals surface area contributed by atoms with E-state index in [2.05, 4.69) is 5.32 Å². The minimum Gasteiger partial charge on any atom is -0.456 e. The van der Waals surface area contributed by atoms with Gasteiger partial charge in [-0.3, -0.25) is 24.1 Å². The first-order valence-electron chi connectivity index (χ1n) is 9.93. The lowest BCUT2D eigenvalue weighted by atomic mass is 9.85. The summed E-state index contributed by atoms with van der Waals surface area (Å²) < 4.78 is 5.01. The van der Waals surface area contributed by atoms with Gasteiger partial charge in [0.15, 0.2) is 6.61 Å². The van der Waals surface area contributed by atoms with Gasteiger partial charge in [-0.15, -0.1) is 0 Å². The molecule has 3 amide bonds. The number of amides is 3. The predicted molar refractivity (Wildman–Crippen MR) is 107 cm³/mol. The number of likely N-dealkylation sites (tertiary alicyclic amines) is 1. The molecule has 0 unspecified atom stereocenters. The van der Waals surface area contributed by atoms with Gasteiger partial charge in [0.1, 0.15) is 0 Å². The summed E-state index contributed by atoms with van der Waals surface area (Å²) in [6.07, 6.45) is 4.84. The Hall–Kier alpha value is -2.96. The Bertz CT molecular complexity index is 819. The second-order valence-corrected chi connectivity index (χ2v) is 7.68. The van der Waals surface area contributed by atoms with Crippen molar-refractivity contribution in [3.8, 4) is 0 Å². The molecule has 1 aromatic rings. The molecule has 7 nitrogen and oxygen atoms in total. The van der Waals surface area contributed by atoms with E-state index in [0.29, 0.717) is 18.5 Å². The highest BCUT2D eigenvalue weighted by Crippen LogP contribution is 2.35. The average Bonchev–Trinajstić information content (AvgIpc) is 2.95. The Morgan fingerprint density at radius 2 is 1.72 bits per heavy atom. The average molecular weight is 398 g/mol. The Labute approximate surface area is 170 Å². The van der Waals surface area contributed by atoms with Crippen LogP contribution in [-0.4, -0.2) is 41.7 Å². The molecule has 154 valence electrons. The number of imide groups is 1. The van der Waals surface area contributed by atoms with Gasteiger partial charge in [-0.05, 0) is 30.4 Å². The number of hydrogen-bond acceptors (Lipinski definition) is 5. The lowest BCUT2D eigenvalue weighted by molar-refractivity contribution is -0.148. The third kappa shape index (κ3) is 4.72. The third-order valence-corrected chi connectivity index (χ3v) is 5.36. The van der Waals surface area contributed by atoms with Crippen molar-refractivity contribution in [1.29, 1.82) is 0 Å². The second-order valence-electron chi connectivity index (χ2n) is 7.68. The van der Waals surface area contributed by atoms with E-state index >= 15 is 0 Å². The minimum atomic E-state index is -0.620. The fourth-order valence-electron chi connectivity index (χ4n) is 3.81. The van der Waals surface area contributed by atoms with Crippen molar-refractivity contribution in [2.45, 2.75) is 39.0 Å². The van der Waals surface area contributed by atoms with Crippen LogP contribution in [-0.2, 0) is 23.9 Å². The lowest BCUT2D eigenvalue weighted by Crippen LogP contribution is -2.33. The van der Waals surface area contributed by atoms with Crippen molar-refractivity contribution < 1.29 is 23.9 Å². The molecule has 2 atom stereocenters. The van der Waals surface area contributed by atoms with E-state index in [1.54, 1.807) is 6.07 Å². The van der Waals surface area contributed by atoms with Gasteiger partial charge in [0.25, 0.3) is 5.91 Å². The standard InChI is InChI=1S/C22H26N2O5/c1-14(2)15-7-5-6-10-18(15)23-19(25)13-29-20(26)11-12-24-21(27)16-8-3-4-9-17(16)22(24)28/h3-7,10,14,16-17H,8-9,11-13H2,1-2H3,(H,23,25)/t16-,17+. The maximum absolute atomic E-state index is 12.4. The maximum atomic E-state index is 12.4. The maximum Gasteiger partial charge on any atom is 0.308 e. The molecular weight excluding hydrogens is 372 g/mol. The number of carbonyl (C=O) groups is 4. The number of para-hydroxylation sites is 1. The van der Waals surface area contributed by atoms with Crippen LogP contribution in [0.1, 0.15) is 44.6 Å². The van der Waals surface area contributed by atoms with Gasteiger partial charge in [0.05, 0.1) is 18.3 Å². The molecule has 7 heteroatoms. The van der Waals surface area contributed by atoms with Crippen molar-refractivity contribution in [3.05, 3.63) is 42.0 Å². The number of hydrogen-bond donors (Lipinski definition) is 1. The highest BCUT2D eigenvalue weighted by Gasteiger charge is 2.46. The molecule has 1 fully saturated rings. The summed E-state index contributed by atoms with van der Waals surface area (Å²) in [5, 5.41) is 2.75. The van der Waals surface area contributed by atoms with Crippen molar-refractivity contribution >= 4 is 29.4 Å². The van der Waals surface area contributed by atoms with Gasteiger partial charge in [-0.1, -0.05) is 44.2 Å². The first kappa shape index (κ1) is 20.8. The number of rotatable bonds is 7. The van der Waals surface area contributed by atoms with Gasteiger partial charge in [-0.25, -0.2) is 0 Å². The molecule has 2 aliphatic rings. The zero-order chi connectivity index (χ0) is 21.0. The normalized spacial score (nSPS) is 20.7. The molecule has 29 heavy (non-hydrogen) atoms. The largest absolute Gasteiger partial charge is 0.456 e. The summed E-state index contributed by atoms with van der Waals surface area (Å²) in [6.45, 7) is 3.62. The molecule has 1 heterocycles. The molecule has 1 aromatic carbocycles. The molecular formula is C22H26N2O5. The smallest absolute Gasteiger partial charge is 0.308 e. The monoisotopic (exact) mass is 398 g/mol. The second kappa shape index (κ2) is 9.03. The summed E-state index contributed by atoms with van der Waals surface area (Å²) in [4.78, 5) is 50.0. The molecule has 0 aromatic heterocycles. The van der Waals surface area contributed by atoms with Crippen LogP contribution in [0.2, 0.25) is 0 Å². The van der Waals surface area contributed by atoms with Crippen LogP contribution in [0.5, 0.6) is 0 Å². The summed E-state index contributed by atoms with van der Waals surface area (Å²) in [6, 6.07) is 7.46. The van der Waals surface area contributed by atoms with Gasteiger partial charge < -0.3 is 10.1 Å². The molecule has 1 aliphatic heterocycles. The number of benzene rings is 1. The van der Waals surface area contributed by atoms with Crippen molar-refractivity contribution in [1.82, 2.24) is 4.90 Å². The topological polar surface area (TPSA) is 92.8 Å². The number of carbonyl (C=O) groups excluding carboxylic acids is 4. The highest BCUT2D eigenvalue weighted by atomic mass is 16.5. The quantitative estimate of drug-likeness (QED) is 0.433. The molecule has 0 radical (unpaired) electrons. The molecule has 0 bridgehead atoms. The van der Waals surface area contributed by atoms with Crippen molar-refractivity contribution in [3.63, 3.8) is 0 Å². The van der Waals surface area contributed by atoms with E-state index in [9.17, 15) is 19.2 Å². The molecule has 0 spiro atoms. The zero-order valence-electron chi connectivity index (χ0n) is 16.7. The number of nitrogens with zero attached hydrogens (tertiary/aromatic N) is 1. The van der Waals surface area contributed by atoms with Crippen LogP contribution in [0.25, 0.3) is 0 Å². The molecule has 3 rings (SSSR count). The summed E-state index contributed by atoms with van der Waals surface area (Å²) >= 11 is 0. The molecule has 1 aliphatic carbocycles. The van der Waals surface area contributed by atoms with Crippen LogP contribution < -0.4 is 5.32 Å². The van der Waals surface area contributed by atoms with Gasteiger partial charge >= 0.3 is 5.97 Å². The van der Waals surface area contributed by atoms with E-state index in [1.165, 1.54) is 0 Å². The van der Waals surface area contributed by atoms with Crippen LogP contribution in [0.3, 0.4) is 0 Å². The molecule has 0 saturated carbocycles. The predicted octanol–water partition coefficient (Wildman–Crippen LogP) is 2.63. The van der Waals surface area contributed by atoms with Gasteiger partial charge in [-0.2, -0.15) is 0 Å². The van der Waals surface area contributed by atoms with E-state index in [0.717, 1.165) is 10.5 Å². The Morgan fingerprint density at radius 3 is 2.34 bits per heavy atom. The van der Waals surface area contributed by atoms with Crippen LogP contribution >= 0.6 is 0 Å². The van der Waals surface area contributed by atoms with Crippen LogP contribution in [0.4, 0.5) is 5.69 Å². The number of ether oxygens (including phenoxy) is 1. The van der Waals surface area contributed by atoms with E-state index in [-0.39, 0.29) is 42.5 Å². The number of allylic oxidation sites excluding steroid dienone is 2. The lowest BCUT2D eigenvalue weighted by Gasteiger charge is -2.15. The summed E-state index contributed by atoms with van der Waals surface area (Å²) in [5.74, 6) is -1.88. The van der Waals surface area contributed by atoms with Crippen molar-refractivity contribution in [2.75, 3.05) is 18.5 Å². The fourth-order valence-corrected chi connectivity index (χ4v) is 3.81. The number of fused-ring (bicyclic) bond motifs is 1. The van der Waals surface area contributed by atoms with Crippen LogP contribution in [0.15, 0.2) is 36.4 Å². The number of esters is 1. The Balaban J connectivity index is 1.45. The Kier molecular flexibility index (Phi) is 6.46. The van der Waals surface area contributed by atoms with Gasteiger partial charge in [0, 0.05) is 12.2 Å². The number of nitrogens with one attached hydrogen (secondary N) is 1.